The fraction of sp³-hybridized carbons (Fsp3) is 0.263. The van der Waals surface area contributed by atoms with Gasteiger partial charge in [0.1, 0.15) is 0 Å². The maximum atomic E-state index is 12.8. The fourth-order valence-corrected chi connectivity index (χ4v) is 3.33. The summed E-state index contributed by atoms with van der Waals surface area (Å²) in [7, 11) is 0. The highest BCUT2D eigenvalue weighted by Gasteiger charge is 2.27. The van der Waals surface area contributed by atoms with E-state index in [-0.39, 0.29) is 17.5 Å². The van der Waals surface area contributed by atoms with Crippen molar-refractivity contribution >= 4 is 29.1 Å². The summed E-state index contributed by atoms with van der Waals surface area (Å²) in [5, 5.41) is 11.6. The number of hydrogen-bond donors (Lipinski definition) is 0. The van der Waals surface area contributed by atoms with Gasteiger partial charge in [0.2, 0.25) is 0 Å². The summed E-state index contributed by atoms with van der Waals surface area (Å²) in [5.74, 6) is -0.387. The minimum absolute atomic E-state index is 0.0735. The van der Waals surface area contributed by atoms with Crippen LogP contribution in [0.3, 0.4) is 0 Å². The first-order chi connectivity index (χ1) is 12.9. The van der Waals surface area contributed by atoms with E-state index >= 15 is 0 Å². The van der Waals surface area contributed by atoms with Crippen LogP contribution in [0.15, 0.2) is 42.5 Å². The largest absolute Gasteiger partial charge is 0.335 e. The Balaban J connectivity index is 1.69. The number of carbonyl (C=O) groups excluding carboxylic acids is 2. The maximum Gasteiger partial charge on any atom is 0.273 e. The quantitative estimate of drug-likeness (QED) is 0.598. The first-order valence-corrected chi connectivity index (χ1v) is 8.84. The topological polar surface area (TPSA) is 83.8 Å². The summed E-state index contributed by atoms with van der Waals surface area (Å²) >= 11 is 5.94. The third-order valence-electron chi connectivity index (χ3n) is 4.66. The third-order valence-corrected chi connectivity index (χ3v) is 4.89. The van der Waals surface area contributed by atoms with Gasteiger partial charge in [0, 0.05) is 54.0 Å². The van der Waals surface area contributed by atoms with Crippen LogP contribution < -0.4 is 0 Å². The number of nitro groups is 1. The van der Waals surface area contributed by atoms with E-state index in [0.29, 0.717) is 47.9 Å². The van der Waals surface area contributed by atoms with Crippen molar-refractivity contribution in [2.75, 3.05) is 26.2 Å². The maximum absolute atomic E-state index is 12.8. The van der Waals surface area contributed by atoms with Gasteiger partial charge in [0.25, 0.3) is 17.5 Å². The van der Waals surface area contributed by atoms with Gasteiger partial charge in [-0.25, -0.2) is 0 Å². The molecule has 7 nitrogen and oxygen atoms in total. The highest BCUT2D eigenvalue weighted by molar-refractivity contribution is 6.30. The number of nitrogens with zero attached hydrogens (tertiary/aromatic N) is 3. The lowest BCUT2D eigenvalue weighted by atomic mass is 10.1. The predicted molar refractivity (Wildman–Crippen MR) is 101 cm³/mol. The van der Waals surface area contributed by atoms with E-state index in [1.165, 1.54) is 12.1 Å². The lowest BCUT2D eigenvalue weighted by Crippen LogP contribution is -2.50. The fourth-order valence-electron chi connectivity index (χ4n) is 3.14. The Morgan fingerprint density at radius 2 is 1.59 bits per heavy atom. The van der Waals surface area contributed by atoms with Gasteiger partial charge in [0.15, 0.2) is 0 Å². The zero-order valence-corrected chi connectivity index (χ0v) is 15.5. The van der Waals surface area contributed by atoms with Crippen LogP contribution in [0.4, 0.5) is 5.69 Å². The molecule has 1 saturated heterocycles. The Kier molecular flexibility index (Phi) is 5.41. The van der Waals surface area contributed by atoms with E-state index in [1.807, 2.05) is 0 Å². The molecular weight excluding hydrogens is 370 g/mol. The van der Waals surface area contributed by atoms with Crippen LogP contribution in [-0.2, 0) is 0 Å². The first kappa shape index (κ1) is 18.8. The average molecular weight is 388 g/mol. The molecule has 2 aromatic carbocycles. The lowest BCUT2D eigenvalue weighted by Gasteiger charge is -2.35. The molecule has 27 heavy (non-hydrogen) atoms. The van der Waals surface area contributed by atoms with Crippen molar-refractivity contribution in [2.45, 2.75) is 6.92 Å². The van der Waals surface area contributed by atoms with Crippen molar-refractivity contribution < 1.29 is 14.5 Å². The molecule has 0 radical (unpaired) electrons. The molecule has 0 aliphatic carbocycles. The summed E-state index contributed by atoms with van der Waals surface area (Å²) in [6.45, 7) is 3.10. The number of halogens is 1. The SMILES string of the molecule is Cc1c(C(=O)N2CCN(C(=O)c3cccc(Cl)c3)CC2)cccc1[N+](=O)[O-]. The number of amides is 2. The molecule has 1 aliphatic heterocycles. The van der Waals surface area contributed by atoms with E-state index in [1.54, 1.807) is 47.1 Å². The smallest absolute Gasteiger partial charge is 0.273 e. The van der Waals surface area contributed by atoms with Gasteiger partial charge in [-0.1, -0.05) is 23.7 Å². The van der Waals surface area contributed by atoms with Crippen LogP contribution in [0.25, 0.3) is 0 Å². The van der Waals surface area contributed by atoms with Crippen LogP contribution in [-0.4, -0.2) is 52.7 Å². The molecule has 0 spiro atoms. The molecule has 1 aliphatic rings. The van der Waals surface area contributed by atoms with Crippen molar-refractivity contribution in [3.8, 4) is 0 Å². The Morgan fingerprint density at radius 3 is 2.19 bits per heavy atom. The van der Waals surface area contributed by atoms with Crippen molar-refractivity contribution in [2.24, 2.45) is 0 Å². The summed E-state index contributed by atoms with van der Waals surface area (Å²) in [6.07, 6.45) is 0. The van der Waals surface area contributed by atoms with Gasteiger partial charge in [0.05, 0.1) is 4.92 Å². The van der Waals surface area contributed by atoms with Crippen LogP contribution in [0, 0.1) is 17.0 Å². The molecule has 0 bridgehead atoms. The zero-order valence-electron chi connectivity index (χ0n) is 14.7. The lowest BCUT2D eigenvalue weighted by molar-refractivity contribution is -0.385. The van der Waals surface area contributed by atoms with E-state index in [4.69, 9.17) is 11.6 Å². The van der Waals surface area contributed by atoms with Crippen molar-refractivity contribution in [3.63, 3.8) is 0 Å². The van der Waals surface area contributed by atoms with Gasteiger partial charge in [-0.2, -0.15) is 0 Å². The van der Waals surface area contributed by atoms with Gasteiger partial charge in [-0.3, -0.25) is 19.7 Å². The molecule has 0 saturated carbocycles. The Bertz CT molecular complexity index is 908. The van der Waals surface area contributed by atoms with Gasteiger partial charge < -0.3 is 9.80 Å². The summed E-state index contributed by atoms with van der Waals surface area (Å²) < 4.78 is 0. The molecule has 0 unspecified atom stereocenters. The number of carbonyl (C=O) groups is 2. The second-order valence-corrected chi connectivity index (χ2v) is 6.74. The molecule has 0 atom stereocenters. The van der Waals surface area contributed by atoms with Crippen molar-refractivity contribution in [1.29, 1.82) is 0 Å². The first-order valence-electron chi connectivity index (χ1n) is 8.46. The number of nitro benzene ring substituents is 1. The number of rotatable bonds is 3. The number of piperazine rings is 1. The van der Waals surface area contributed by atoms with E-state index in [9.17, 15) is 19.7 Å². The minimum Gasteiger partial charge on any atom is -0.335 e. The number of benzene rings is 2. The normalized spacial score (nSPS) is 14.1. The standard InChI is InChI=1S/C19H18ClN3O4/c1-13-16(6-3-7-17(13)23(26)27)19(25)22-10-8-21(9-11-22)18(24)14-4-2-5-15(20)12-14/h2-7,12H,8-11H2,1H3. The van der Waals surface area contributed by atoms with Gasteiger partial charge in [-0.05, 0) is 31.2 Å². The third kappa shape index (κ3) is 3.93. The summed E-state index contributed by atoms with van der Waals surface area (Å²) in [5.41, 5.74) is 1.11. The predicted octanol–water partition coefficient (Wildman–Crippen LogP) is 3.15. The minimum atomic E-state index is -0.492. The molecule has 3 rings (SSSR count). The second-order valence-electron chi connectivity index (χ2n) is 6.30. The van der Waals surface area contributed by atoms with Crippen LogP contribution in [0.5, 0.6) is 0 Å². The molecule has 8 heteroatoms. The van der Waals surface area contributed by atoms with Crippen molar-refractivity contribution in [3.05, 3.63) is 74.3 Å². The van der Waals surface area contributed by atoms with E-state index in [2.05, 4.69) is 0 Å². The summed E-state index contributed by atoms with van der Waals surface area (Å²) in [6, 6.07) is 11.2. The van der Waals surface area contributed by atoms with Crippen LogP contribution in [0.1, 0.15) is 26.3 Å². The Labute approximate surface area is 161 Å². The number of hydrogen-bond acceptors (Lipinski definition) is 4. The van der Waals surface area contributed by atoms with Crippen molar-refractivity contribution in [1.82, 2.24) is 9.80 Å². The molecule has 0 N–H and O–H groups in total. The van der Waals surface area contributed by atoms with Gasteiger partial charge >= 0.3 is 0 Å². The Morgan fingerprint density at radius 1 is 1.00 bits per heavy atom. The molecule has 0 aromatic heterocycles. The zero-order chi connectivity index (χ0) is 19.6. The van der Waals surface area contributed by atoms with Crippen LogP contribution in [0.2, 0.25) is 5.02 Å². The highest BCUT2D eigenvalue weighted by Crippen LogP contribution is 2.23. The van der Waals surface area contributed by atoms with E-state index in [0.717, 1.165) is 0 Å². The highest BCUT2D eigenvalue weighted by atomic mass is 35.5. The molecule has 2 aromatic rings. The second kappa shape index (κ2) is 7.75. The summed E-state index contributed by atoms with van der Waals surface area (Å²) in [4.78, 5) is 39.2. The van der Waals surface area contributed by atoms with Gasteiger partial charge in [-0.15, -0.1) is 0 Å². The molecule has 1 heterocycles. The Hall–Kier alpha value is -2.93. The molecule has 140 valence electrons. The monoisotopic (exact) mass is 387 g/mol. The average Bonchev–Trinajstić information content (AvgIpc) is 2.67. The van der Waals surface area contributed by atoms with E-state index < -0.39 is 4.92 Å². The van der Waals surface area contributed by atoms with Crippen LogP contribution >= 0.6 is 11.6 Å². The molecule has 2 amide bonds. The molecular formula is C19H18ClN3O4. The molecule has 1 fully saturated rings.